The van der Waals surface area contributed by atoms with E-state index in [0.29, 0.717) is 11.3 Å². The molecule has 3 N–H and O–H groups in total. The second kappa shape index (κ2) is 7.32. The summed E-state index contributed by atoms with van der Waals surface area (Å²) in [6, 6.07) is 16.3. The van der Waals surface area contributed by atoms with Crippen LogP contribution < -0.4 is 10.6 Å². The van der Waals surface area contributed by atoms with Crippen LogP contribution >= 0.6 is 0 Å². The molecule has 0 saturated heterocycles. The first-order chi connectivity index (χ1) is 12.2. The van der Waals surface area contributed by atoms with Gasteiger partial charge in [-0.2, -0.15) is 5.26 Å². The summed E-state index contributed by atoms with van der Waals surface area (Å²) in [6.07, 6.45) is 2.01. The van der Waals surface area contributed by atoms with Crippen LogP contribution in [0.3, 0.4) is 0 Å². The summed E-state index contributed by atoms with van der Waals surface area (Å²) >= 11 is 0. The second-order valence-electron chi connectivity index (χ2n) is 5.55. The number of rotatable bonds is 5. The van der Waals surface area contributed by atoms with E-state index in [9.17, 15) is 9.59 Å². The van der Waals surface area contributed by atoms with E-state index in [1.807, 2.05) is 30.3 Å². The molecule has 0 radical (unpaired) electrons. The zero-order valence-electron chi connectivity index (χ0n) is 13.4. The van der Waals surface area contributed by atoms with Crippen molar-refractivity contribution in [2.75, 3.05) is 11.9 Å². The largest absolute Gasteiger partial charge is 0.361 e. The molecule has 3 aromatic rings. The minimum atomic E-state index is -0.322. The van der Waals surface area contributed by atoms with Crippen molar-refractivity contribution in [3.05, 3.63) is 65.9 Å². The van der Waals surface area contributed by atoms with Crippen molar-refractivity contribution < 1.29 is 9.59 Å². The maximum atomic E-state index is 12.1. The van der Waals surface area contributed by atoms with Crippen LogP contribution in [0.5, 0.6) is 0 Å². The highest BCUT2D eigenvalue weighted by atomic mass is 16.2. The minimum absolute atomic E-state index is 0.110. The van der Waals surface area contributed by atoms with E-state index in [1.165, 1.54) is 0 Å². The van der Waals surface area contributed by atoms with Crippen LogP contribution in [0.1, 0.15) is 11.1 Å². The van der Waals surface area contributed by atoms with Gasteiger partial charge in [0, 0.05) is 22.8 Å². The highest BCUT2D eigenvalue weighted by Gasteiger charge is 2.10. The average Bonchev–Trinajstić information content (AvgIpc) is 3.04. The van der Waals surface area contributed by atoms with Gasteiger partial charge in [-0.25, -0.2) is 0 Å². The Hall–Kier alpha value is -3.59. The van der Waals surface area contributed by atoms with Crippen molar-refractivity contribution in [1.29, 1.82) is 5.26 Å². The average molecular weight is 332 g/mol. The number of hydrogen-bond acceptors (Lipinski definition) is 3. The lowest BCUT2D eigenvalue weighted by molar-refractivity contribution is -0.123. The number of para-hydroxylation sites is 1. The van der Waals surface area contributed by atoms with E-state index in [4.69, 9.17) is 5.26 Å². The lowest BCUT2D eigenvalue weighted by Crippen LogP contribution is -2.33. The predicted molar refractivity (Wildman–Crippen MR) is 94.8 cm³/mol. The number of anilines is 1. The summed E-state index contributed by atoms with van der Waals surface area (Å²) in [5.74, 6) is -0.545. The van der Waals surface area contributed by atoms with Gasteiger partial charge in [0.1, 0.15) is 0 Å². The first-order valence-corrected chi connectivity index (χ1v) is 7.77. The van der Waals surface area contributed by atoms with Crippen molar-refractivity contribution in [3.63, 3.8) is 0 Å². The molecule has 0 aliphatic heterocycles. The number of H-pyrrole nitrogens is 1. The smallest absolute Gasteiger partial charge is 0.243 e. The van der Waals surface area contributed by atoms with Crippen molar-refractivity contribution in [2.24, 2.45) is 0 Å². The van der Waals surface area contributed by atoms with Crippen LogP contribution in [0.2, 0.25) is 0 Å². The van der Waals surface area contributed by atoms with Gasteiger partial charge in [0.15, 0.2) is 0 Å². The number of carbonyl (C=O) groups is 2. The molecule has 0 fully saturated rings. The summed E-state index contributed by atoms with van der Waals surface area (Å²) in [5.41, 5.74) is 2.96. The molecule has 0 unspecified atom stereocenters. The van der Waals surface area contributed by atoms with Gasteiger partial charge in [-0.1, -0.05) is 18.2 Å². The molecule has 1 heterocycles. The Morgan fingerprint density at radius 2 is 1.80 bits per heavy atom. The van der Waals surface area contributed by atoms with Crippen LogP contribution in [-0.4, -0.2) is 23.3 Å². The van der Waals surface area contributed by atoms with Gasteiger partial charge in [-0.3, -0.25) is 9.59 Å². The van der Waals surface area contributed by atoms with Gasteiger partial charge < -0.3 is 15.6 Å². The Kier molecular flexibility index (Phi) is 4.77. The summed E-state index contributed by atoms with van der Waals surface area (Å²) in [5, 5.41) is 15.0. The third-order valence-corrected chi connectivity index (χ3v) is 3.77. The zero-order valence-corrected chi connectivity index (χ0v) is 13.4. The summed E-state index contributed by atoms with van der Waals surface area (Å²) in [6.45, 7) is -0.110. The number of aromatic nitrogens is 1. The van der Waals surface area contributed by atoms with Crippen LogP contribution in [0.15, 0.2) is 54.7 Å². The molecule has 0 aliphatic rings. The number of benzene rings is 2. The predicted octanol–water partition coefficient (Wildman–Crippen LogP) is 2.34. The van der Waals surface area contributed by atoms with Gasteiger partial charge in [0.05, 0.1) is 24.6 Å². The van der Waals surface area contributed by atoms with E-state index in [0.717, 1.165) is 16.5 Å². The first-order valence-electron chi connectivity index (χ1n) is 7.77. The van der Waals surface area contributed by atoms with Crippen molar-refractivity contribution in [1.82, 2.24) is 10.3 Å². The Balaban J connectivity index is 1.51. The van der Waals surface area contributed by atoms with Crippen LogP contribution in [-0.2, 0) is 16.0 Å². The molecule has 0 saturated carbocycles. The summed E-state index contributed by atoms with van der Waals surface area (Å²) < 4.78 is 0. The third kappa shape index (κ3) is 4.03. The maximum absolute atomic E-state index is 12.1. The molecule has 3 rings (SSSR count). The lowest BCUT2D eigenvalue weighted by Gasteiger charge is -2.07. The number of fused-ring (bicyclic) bond motifs is 1. The third-order valence-electron chi connectivity index (χ3n) is 3.77. The quantitative estimate of drug-likeness (QED) is 0.669. The summed E-state index contributed by atoms with van der Waals surface area (Å²) in [4.78, 5) is 27.1. The Morgan fingerprint density at radius 1 is 1.04 bits per heavy atom. The zero-order chi connectivity index (χ0) is 17.6. The minimum Gasteiger partial charge on any atom is -0.361 e. The Morgan fingerprint density at radius 3 is 2.56 bits per heavy atom. The molecule has 6 nitrogen and oxygen atoms in total. The number of aromatic amines is 1. The maximum Gasteiger partial charge on any atom is 0.243 e. The molecular weight excluding hydrogens is 316 g/mol. The molecule has 6 heteroatoms. The molecule has 2 amide bonds. The second-order valence-corrected chi connectivity index (χ2v) is 5.55. The monoisotopic (exact) mass is 332 g/mol. The fourth-order valence-corrected chi connectivity index (χ4v) is 2.53. The van der Waals surface area contributed by atoms with Gasteiger partial charge in [-0.15, -0.1) is 0 Å². The molecule has 124 valence electrons. The SMILES string of the molecule is N#Cc1ccc(NC(=O)CNC(=O)Cc2c[nH]c3ccccc23)cc1. The van der Waals surface area contributed by atoms with E-state index >= 15 is 0 Å². The molecular formula is C19H16N4O2. The normalized spacial score (nSPS) is 10.2. The molecule has 0 atom stereocenters. The van der Waals surface area contributed by atoms with Gasteiger partial charge >= 0.3 is 0 Å². The van der Waals surface area contributed by atoms with Gasteiger partial charge in [0.2, 0.25) is 11.8 Å². The van der Waals surface area contributed by atoms with E-state index < -0.39 is 0 Å². The van der Waals surface area contributed by atoms with E-state index in [2.05, 4.69) is 15.6 Å². The highest BCUT2D eigenvalue weighted by Crippen LogP contribution is 2.17. The number of nitrogens with one attached hydrogen (secondary N) is 3. The number of hydrogen-bond donors (Lipinski definition) is 3. The van der Waals surface area contributed by atoms with Crippen molar-refractivity contribution in [2.45, 2.75) is 6.42 Å². The number of carbonyl (C=O) groups excluding carboxylic acids is 2. The molecule has 2 aromatic carbocycles. The highest BCUT2D eigenvalue weighted by molar-refractivity contribution is 5.95. The standard InChI is InChI=1S/C19H16N4O2/c20-10-13-5-7-15(8-6-13)23-19(25)12-22-18(24)9-14-11-21-17-4-2-1-3-16(14)17/h1-8,11,21H,9,12H2,(H,22,24)(H,23,25). The van der Waals surface area contributed by atoms with Crippen molar-refractivity contribution >= 4 is 28.4 Å². The summed E-state index contributed by atoms with van der Waals surface area (Å²) in [7, 11) is 0. The molecule has 0 aliphatic carbocycles. The fourth-order valence-electron chi connectivity index (χ4n) is 2.53. The van der Waals surface area contributed by atoms with E-state index in [1.54, 1.807) is 30.5 Å². The number of nitriles is 1. The fraction of sp³-hybridized carbons (Fsp3) is 0.105. The molecule has 1 aromatic heterocycles. The topological polar surface area (TPSA) is 97.8 Å². The van der Waals surface area contributed by atoms with Gasteiger partial charge in [-0.05, 0) is 35.9 Å². The van der Waals surface area contributed by atoms with Crippen LogP contribution in [0.25, 0.3) is 10.9 Å². The number of amides is 2. The van der Waals surface area contributed by atoms with Crippen LogP contribution in [0.4, 0.5) is 5.69 Å². The molecule has 25 heavy (non-hydrogen) atoms. The Bertz CT molecular complexity index is 951. The van der Waals surface area contributed by atoms with Crippen molar-refractivity contribution in [3.8, 4) is 6.07 Å². The number of nitrogens with zero attached hydrogens (tertiary/aromatic N) is 1. The van der Waals surface area contributed by atoms with Gasteiger partial charge in [0.25, 0.3) is 0 Å². The molecule has 0 spiro atoms. The lowest BCUT2D eigenvalue weighted by atomic mass is 10.1. The first kappa shape index (κ1) is 16.3. The molecule has 0 bridgehead atoms. The van der Waals surface area contributed by atoms with E-state index in [-0.39, 0.29) is 24.8 Å². The Labute approximate surface area is 144 Å². The van der Waals surface area contributed by atoms with Crippen LogP contribution in [0, 0.1) is 11.3 Å².